The Hall–Kier alpha value is -1.27. The van der Waals surface area contributed by atoms with Gasteiger partial charge in [0.05, 0.1) is 14.9 Å². The van der Waals surface area contributed by atoms with Crippen molar-refractivity contribution in [2.45, 2.75) is 11.4 Å². The molecule has 2 N–H and O–H groups in total. The molecule has 0 aliphatic carbocycles. The summed E-state index contributed by atoms with van der Waals surface area (Å²) in [4.78, 5) is 0.178. The average molecular weight is 345 g/mol. The average Bonchev–Trinajstić information content (AvgIpc) is 2.44. The molecule has 0 amide bonds. The summed E-state index contributed by atoms with van der Waals surface area (Å²) in [6.07, 6.45) is 0. The monoisotopic (exact) mass is 344 g/mol. The smallest absolute Gasteiger partial charge is 0.243 e. The maximum absolute atomic E-state index is 12.5. The first-order valence-corrected chi connectivity index (χ1v) is 8.27. The van der Waals surface area contributed by atoms with E-state index in [2.05, 4.69) is 0 Å². The Balaban J connectivity index is 2.28. The molecular weight excluding hydrogens is 331 g/mol. The highest BCUT2D eigenvalue weighted by Crippen LogP contribution is 2.27. The van der Waals surface area contributed by atoms with Crippen molar-refractivity contribution in [2.24, 2.45) is 0 Å². The number of halogens is 2. The number of hydrogen-bond donors (Lipinski definition) is 1. The minimum absolute atomic E-state index is 0.131. The van der Waals surface area contributed by atoms with Crippen LogP contribution in [0.1, 0.15) is 5.56 Å². The molecule has 21 heavy (non-hydrogen) atoms. The van der Waals surface area contributed by atoms with E-state index in [1.54, 1.807) is 30.3 Å². The highest BCUT2D eigenvalue weighted by atomic mass is 35.5. The molecule has 0 aromatic heterocycles. The zero-order valence-corrected chi connectivity index (χ0v) is 13.6. The van der Waals surface area contributed by atoms with Crippen LogP contribution in [0.5, 0.6) is 0 Å². The molecule has 0 radical (unpaired) electrons. The molecule has 0 saturated heterocycles. The first-order chi connectivity index (χ1) is 9.82. The first kappa shape index (κ1) is 16.1. The third-order valence-corrected chi connectivity index (χ3v) is 5.69. The van der Waals surface area contributed by atoms with Gasteiger partial charge in [-0.1, -0.05) is 35.3 Å². The van der Waals surface area contributed by atoms with Gasteiger partial charge in [0.2, 0.25) is 10.0 Å². The molecule has 0 fully saturated rings. The quantitative estimate of drug-likeness (QED) is 0.864. The van der Waals surface area contributed by atoms with Gasteiger partial charge in [0.1, 0.15) is 0 Å². The molecule has 7 heteroatoms. The van der Waals surface area contributed by atoms with E-state index in [4.69, 9.17) is 28.9 Å². The molecule has 2 rings (SSSR count). The fourth-order valence-electron chi connectivity index (χ4n) is 1.82. The summed E-state index contributed by atoms with van der Waals surface area (Å²) in [5, 5.41) is 0.756. The van der Waals surface area contributed by atoms with E-state index in [0.717, 1.165) is 0 Å². The number of hydrogen-bond acceptors (Lipinski definition) is 3. The molecule has 2 aromatic rings. The largest absolute Gasteiger partial charge is 0.399 e. The number of rotatable bonds is 4. The van der Waals surface area contributed by atoms with E-state index >= 15 is 0 Å². The molecule has 2 aromatic carbocycles. The predicted molar refractivity (Wildman–Crippen MR) is 86.0 cm³/mol. The van der Waals surface area contributed by atoms with Crippen molar-refractivity contribution in [1.29, 1.82) is 0 Å². The molecular formula is C14H14Cl2N2O2S. The van der Waals surface area contributed by atoms with Crippen LogP contribution in [0.25, 0.3) is 0 Å². The van der Waals surface area contributed by atoms with Gasteiger partial charge in [0, 0.05) is 19.3 Å². The number of anilines is 1. The van der Waals surface area contributed by atoms with Gasteiger partial charge in [-0.3, -0.25) is 0 Å². The zero-order valence-electron chi connectivity index (χ0n) is 11.3. The van der Waals surface area contributed by atoms with Gasteiger partial charge >= 0.3 is 0 Å². The van der Waals surface area contributed by atoms with Crippen molar-refractivity contribution in [1.82, 2.24) is 4.31 Å². The Labute approximate surface area is 134 Å². The molecule has 0 aliphatic heterocycles. The SMILES string of the molecule is CN(Cc1cccc(Cl)c1Cl)S(=O)(=O)c1ccc(N)cc1. The molecule has 112 valence electrons. The van der Waals surface area contributed by atoms with Crippen molar-refractivity contribution in [3.05, 3.63) is 58.1 Å². The van der Waals surface area contributed by atoms with Gasteiger partial charge in [-0.05, 0) is 35.9 Å². The summed E-state index contributed by atoms with van der Waals surface area (Å²) in [5.41, 5.74) is 6.72. The Morgan fingerprint density at radius 3 is 2.33 bits per heavy atom. The highest BCUT2D eigenvalue weighted by Gasteiger charge is 2.21. The molecule has 0 spiro atoms. The number of nitrogen functional groups attached to an aromatic ring is 1. The minimum atomic E-state index is -3.61. The van der Waals surface area contributed by atoms with Gasteiger partial charge in [-0.2, -0.15) is 4.31 Å². The van der Waals surface area contributed by atoms with Crippen LogP contribution in [0, 0.1) is 0 Å². The van der Waals surface area contributed by atoms with Gasteiger partial charge in [-0.15, -0.1) is 0 Å². The Kier molecular flexibility index (Phi) is 4.78. The van der Waals surface area contributed by atoms with Gasteiger partial charge < -0.3 is 5.73 Å². The summed E-state index contributed by atoms with van der Waals surface area (Å²) in [5.74, 6) is 0. The standard InChI is InChI=1S/C14H14Cl2N2O2S/c1-18(9-10-3-2-4-13(15)14(10)16)21(19,20)12-7-5-11(17)6-8-12/h2-8H,9,17H2,1H3. The van der Waals surface area contributed by atoms with Crippen molar-refractivity contribution in [3.63, 3.8) is 0 Å². The van der Waals surface area contributed by atoms with Crippen molar-refractivity contribution >= 4 is 38.9 Å². The predicted octanol–water partition coefficient (Wildman–Crippen LogP) is 3.40. The van der Waals surface area contributed by atoms with Crippen molar-refractivity contribution in [2.75, 3.05) is 12.8 Å². The number of benzene rings is 2. The van der Waals surface area contributed by atoms with Crippen LogP contribution < -0.4 is 5.73 Å². The normalized spacial score (nSPS) is 11.8. The lowest BCUT2D eigenvalue weighted by molar-refractivity contribution is 0.467. The van der Waals surface area contributed by atoms with E-state index in [1.807, 2.05) is 0 Å². The lowest BCUT2D eigenvalue weighted by Gasteiger charge is -2.18. The van der Waals surface area contributed by atoms with Gasteiger partial charge in [0.15, 0.2) is 0 Å². The maximum atomic E-state index is 12.5. The van der Waals surface area contributed by atoms with E-state index < -0.39 is 10.0 Å². The van der Waals surface area contributed by atoms with Crippen molar-refractivity contribution < 1.29 is 8.42 Å². The van der Waals surface area contributed by atoms with Crippen LogP contribution >= 0.6 is 23.2 Å². The lowest BCUT2D eigenvalue weighted by atomic mass is 10.2. The number of nitrogens with zero attached hydrogens (tertiary/aromatic N) is 1. The van der Waals surface area contributed by atoms with Crippen LogP contribution in [0.15, 0.2) is 47.4 Å². The molecule has 0 heterocycles. The Bertz CT molecular complexity index is 746. The first-order valence-electron chi connectivity index (χ1n) is 6.07. The third-order valence-electron chi connectivity index (χ3n) is 3.01. The molecule has 0 saturated carbocycles. The maximum Gasteiger partial charge on any atom is 0.243 e. The summed E-state index contributed by atoms with van der Waals surface area (Å²) in [6.45, 7) is 0.131. The van der Waals surface area contributed by atoms with E-state index in [0.29, 0.717) is 21.3 Å². The zero-order chi connectivity index (χ0) is 15.6. The second kappa shape index (κ2) is 6.23. The van der Waals surface area contributed by atoms with Crippen LogP contribution in [-0.4, -0.2) is 19.8 Å². The summed E-state index contributed by atoms with van der Waals surface area (Å²) >= 11 is 12.0. The third kappa shape index (κ3) is 3.49. The Morgan fingerprint density at radius 1 is 1.10 bits per heavy atom. The van der Waals surface area contributed by atoms with Crippen LogP contribution in [0.4, 0.5) is 5.69 Å². The van der Waals surface area contributed by atoms with Gasteiger partial charge in [-0.25, -0.2) is 8.42 Å². The number of sulfonamides is 1. The summed E-state index contributed by atoms with van der Waals surface area (Å²) in [6, 6.07) is 11.2. The summed E-state index contributed by atoms with van der Waals surface area (Å²) in [7, 11) is -2.12. The molecule has 0 aliphatic rings. The fraction of sp³-hybridized carbons (Fsp3) is 0.143. The second-order valence-corrected chi connectivity index (χ2v) is 7.37. The molecule has 0 bridgehead atoms. The van der Waals surface area contributed by atoms with E-state index in [-0.39, 0.29) is 11.4 Å². The van der Waals surface area contributed by atoms with Gasteiger partial charge in [0.25, 0.3) is 0 Å². The minimum Gasteiger partial charge on any atom is -0.399 e. The van der Waals surface area contributed by atoms with Crippen LogP contribution in [0.2, 0.25) is 10.0 Å². The number of nitrogens with two attached hydrogens (primary N) is 1. The Morgan fingerprint density at radius 2 is 1.71 bits per heavy atom. The fourth-order valence-corrected chi connectivity index (χ4v) is 3.34. The van der Waals surface area contributed by atoms with Crippen molar-refractivity contribution in [3.8, 4) is 0 Å². The molecule has 0 unspecified atom stereocenters. The van der Waals surface area contributed by atoms with E-state index in [9.17, 15) is 8.42 Å². The topological polar surface area (TPSA) is 63.4 Å². The van der Waals surface area contributed by atoms with Crippen LogP contribution in [-0.2, 0) is 16.6 Å². The summed E-state index contributed by atoms with van der Waals surface area (Å²) < 4.78 is 26.1. The van der Waals surface area contributed by atoms with E-state index in [1.165, 1.54) is 23.5 Å². The lowest BCUT2D eigenvalue weighted by Crippen LogP contribution is -2.26. The molecule has 4 nitrogen and oxygen atoms in total. The van der Waals surface area contributed by atoms with Crippen LogP contribution in [0.3, 0.4) is 0 Å². The highest BCUT2D eigenvalue weighted by molar-refractivity contribution is 7.89. The molecule has 0 atom stereocenters. The second-order valence-electron chi connectivity index (χ2n) is 4.54.